The van der Waals surface area contributed by atoms with Gasteiger partial charge >= 0.3 is 0 Å². The molecule has 1 amide bonds. The van der Waals surface area contributed by atoms with Gasteiger partial charge in [-0.2, -0.15) is 11.3 Å². The minimum absolute atomic E-state index is 0.0828. The number of hydrogen-bond donors (Lipinski definition) is 0. The summed E-state index contributed by atoms with van der Waals surface area (Å²) >= 11 is 1.63. The third-order valence-electron chi connectivity index (χ3n) is 4.33. The largest absolute Gasteiger partial charge is 0.454 e. The molecule has 1 aromatic heterocycles. The number of amides is 1. The van der Waals surface area contributed by atoms with Crippen molar-refractivity contribution in [2.75, 3.05) is 19.9 Å². The molecular weight excluding hydrogens is 310 g/mol. The SMILES string of the molecule is O=C(/C=C/c1ccsc1)N1CC[C@H](c2ccc3c(c2)OCO3)C1. The van der Waals surface area contributed by atoms with Crippen LogP contribution in [-0.4, -0.2) is 30.7 Å². The Morgan fingerprint density at radius 3 is 3.04 bits per heavy atom. The highest BCUT2D eigenvalue weighted by molar-refractivity contribution is 7.08. The van der Waals surface area contributed by atoms with Crippen LogP contribution in [0.2, 0.25) is 0 Å². The van der Waals surface area contributed by atoms with Gasteiger partial charge in [-0.05, 0) is 52.6 Å². The van der Waals surface area contributed by atoms with Gasteiger partial charge in [0.2, 0.25) is 12.7 Å². The normalized spacial score (nSPS) is 19.7. The Kier molecular flexibility index (Phi) is 3.79. The number of carbonyl (C=O) groups excluding carboxylic acids is 1. The maximum Gasteiger partial charge on any atom is 0.246 e. The number of carbonyl (C=O) groups is 1. The predicted octanol–water partition coefficient (Wildman–Crippen LogP) is 3.51. The van der Waals surface area contributed by atoms with E-state index in [1.807, 2.05) is 39.9 Å². The molecule has 118 valence electrons. The van der Waals surface area contributed by atoms with Gasteiger partial charge in [-0.3, -0.25) is 4.79 Å². The summed E-state index contributed by atoms with van der Waals surface area (Å²) in [5, 5.41) is 4.04. The van der Waals surface area contributed by atoms with E-state index in [2.05, 4.69) is 6.07 Å². The molecule has 1 saturated heterocycles. The molecule has 0 unspecified atom stereocenters. The molecule has 1 atom stereocenters. The lowest BCUT2D eigenvalue weighted by Gasteiger charge is -2.15. The number of nitrogens with zero attached hydrogens (tertiary/aromatic N) is 1. The first-order chi connectivity index (χ1) is 11.3. The average molecular weight is 327 g/mol. The van der Waals surface area contributed by atoms with Gasteiger partial charge in [0.1, 0.15) is 0 Å². The first kappa shape index (κ1) is 14.3. The lowest BCUT2D eigenvalue weighted by molar-refractivity contribution is -0.124. The van der Waals surface area contributed by atoms with Gasteiger partial charge in [-0.15, -0.1) is 0 Å². The molecule has 2 aliphatic heterocycles. The summed E-state index contributed by atoms with van der Waals surface area (Å²) in [7, 11) is 0. The van der Waals surface area contributed by atoms with Crippen molar-refractivity contribution in [1.29, 1.82) is 0 Å². The van der Waals surface area contributed by atoms with E-state index in [-0.39, 0.29) is 5.91 Å². The monoisotopic (exact) mass is 327 g/mol. The lowest BCUT2D eigenvalue weighted by atomic mass is 9.98. The van der Waals surface area contributed by atoms with E-state index in [4.69, 9.17) is 9.47 Å². The Balaban J connectivity index is 1.41. The molecule has 1 fully saturated rings. The Morgan fingerprint density at radius 1 is 1.26 bits per heavy atom. The van der Waals surface area contributed by atoms with Crippen molar-refractivity contribution in [3.63, 3.8) is 0 Å². The summed E-state index contributed by atoms with van der Waals surface area (Å²) in [6.07, 6.45) is 4.54. The van der Waals surface area contributed by atoms with Crippen molar-refractivity contribution in [1.82, 2.24) is 4.90 Å². The van der Waals surface area contributed by atoms with Crippen LogP contribution in [0.25, 0.3) is 6.08 Å². The zero-order valence-corrected chi connectivity index (χ0v) is 13.4. The summed E-state index contributed by atoms with van der Waals surface area (Å²) in [6, 6.07) is 8.09. The maximum absolute atomic E-state index is 12.3. The summed E-state index contributed by atoms with van der Waals surface area (Å²) < 4.78 is 10.8. The van der Waals surface area contributed by atoms with E-state index in [1.165, 1.54) is 5.56 Å². The van der Waals surface area contributed by atoms with Gasteiger partial charge in [0, 0.05) is 25.1 Å². The lowest BCUT2D eigenvalue weighted by Crippen LogP contribution is -2.26. The summed E-state index contributed by atoms with van der Waals surface area (Å²) in [5.74, 6) is 2.06. The molecule has 2 aromatic rings. The third-order valence-corrected chi connectivity index (χ3v) is 5.03. The molecule has 0 radical (unpaired) electrons. The highest BCUT2D eigenvalue weighted by atomic mass is 32.1. The van der Waals surface area contributed by atoms with E-state index >= 15 is 0 Å². The number of thiophene rings is 1. The molecule has 4 rings (SSSR count). The number of hydrogen-bond acceptors (Lipinski definition) is 4. The van der Waals surface area contributed by atoms with Gasteiger partial charge in [-0.25, -0.2) is 0 Å². The first-order valence-corrected chi connectivity index (χ1v) is 8.62. The fraction of sp³-hybridized carbons (Fsp3) is 0.278. The summed E-state index contributed by atoms with van der Waals surface area (Å²) in [4.78, 5) is 14.2. The number of fused-ring (bicyclic) bond motifs is 1. The highest BCUT2D eigenvalue weighted by Gasteiger charge is 2.27. The number of rotatable bonds is 3. The molecule has 0 spiro atoms. The first-order valence-electron chi connectivity index (χ1n) is 7.68. The molecule has 1 aromatic carbocycles. The molecule has 3 heterocycles. The minimum Gasteiger partial charge on any atom is -0.454 e. The third kappa shape index (κ3) is 2.97. The van der Waals surface area contributed by atoms with Gasteiger partial charge in [-0.1, -0.05) is 6.07 Å². The van der Waals surface area contributed by atoms with Crippen LogP contribution in [-0.2, 0) is 4.79 Å². The Hall–Kier alpha value is -2.27. The van der Waals surface area contributed by atoms with E-state index in [0.717, 1.165) is 36.6 Å². The van der Waals surface area contributed by atoms with Crippen LogP contribution in [0.15, 0.2) is 41.1 Å². The number of likely N-dealkylation sites (tertiary alicyclic amines) is 1. The van der Waals surface area contributed by atoms with Gasteiger partial charge in [0.25, 0.3) is 0 Å². The second kappa shape index (κ2) is 6.08. The van der Waals surface area contributed by atoms with E-state index in [1.54, 1.807) is 17.4 Å². The van der Waals surface area contributed by atoms with Gasteiger partial charge in [0.15, 0.2) is 11.5 Å². The van der Waals surface area contributed by atoms with E-state index in [0.29, 0.717) is 12.7 Å². The molecule has 23 heavy (non-hydrogen) atoms. The van der Waals surface area contributed by atoms with Crippen molar-refractivity contribution in [3.05, 3.63) is 52.2 Å². The summed E-state index contributed by atoms with van der Waals surface area (Å²) in [5.41, 5.74) is 2.29. The van der Waals surface area contributed by atoms with Gasteiger partial charge in [0.05, 0.1) is 0 Å². The van der Waals surface area contributed by atoms with Crippen molar-refractivity contribution < 1.29 is 14.3 Å². The zero-order valence-electron chi connectivity index (χ0n) is 12.6. The Labute approximate surface area is 138 Å². The minimum atomic E-state index is 0.0828. The van der Waals surface area contributed by atoms with Crippen LogP contribution in [0.4, 0.5) is 0 Å². The smallest absolute Gasteiger partial charge is 0.246 e. The Morgan fingerprint density at radius 2 is 2.17 bits per heavy atom. The molecule has 5 heteroatoms. The van der Waals surface area contributed by atoms with Crippen LogP contribution in [0.5, 0.6) is 11.5 Å². The zero-order chi connectivity index (χ0) is 15.6. The second-order valence-electron chi connectivity index (χ2n) is 5.77. The van der Waals surface area contributed by atoms with Crippen molar-refractivity contribution in [3.8, 4) is 11.5 Å². The maximum atomic E-state index is 12.3. The van der Waals surface area contributed by atoms with Crippen LogP contribution in [0.1, 0.15) is 23.5 Å². The fourth-order valence-corrected chi connectivity index (χ4v) is 3.67. The second-order valence-corrected chi connectivity index (χ2v) is 6.55. The fourth-order valence-electron chi connectivity index (χ4n) is 3.04. The number of benzene rings is 1. The molecule has 4 nitrogen and oxygen atoms in total. The molecule has 0 saturated carbocycles. The van der Waals surface area contributed by atoms with Crippen molar-refractivity contribution in [2.45, 2.75) is 12.3 Å². The Bertz CT molecular complexity index is 739. The molecule has 0 N–H and O–H groups in total. The standard InChI is InChI=1S/C18H17NO3S/c20-18(4-1-13-6-8-23-11-13)19-7-5-15(10-19)14-2-3-16-17(9-14)22-12-21-16/h1-4,6,8-9,11,15H,5,7,10,12H2/b4-1+/t15-/m0/s1. The summed E-state index contributed by atoms with van der Waals surface area (Å²) in [6.45, 7) is 1.85. The quantitative estimate of drug-likeness (QED) is 0.810. The van der Waals surface area contributed by atoms with Crippen molar-refractivity contribution >= 4 is 23.3 Å². The highest BCUT2D eigenvalue weighted by Crippen LogP contribution is 2.37. The van der Waals surface area contributed by atoms with Crippen LogP contribution in [0, 0.1) is 0 Å². The molecule has 0 aliphatic carbocycles. The van der Waals surface area contributed by atoms with E-state index in [9.17, 15) is 4.79 Å². The predicted molar refractivity (Wildman–Crippen MR) is 89.9 cm³/mol. The van der Waals surface area contributed by atoms with Crippen LogP contribution < -0.4 is 9.47 Å². The number of ether oxygens (including phenoxy) is 2. The van der Waals surface area contributed by atoms with Gasteiger partial charge < -0.3 is 14.4 Å². The molecule has 2 aliphatic rings. The molecular formula is C18H17NO3S. The average Bonchev–Trinajstić information content (AvgIpc) is 3.32. The topological polar surface area (TPSA) is 38.8 Å². The van der Waals surface area contributed by atoms with Crippen molar-refractivity contribution in [2.24, 2.45) is 0 Å². The van der Waals surface area contributed by atoms with Crippen LogP contribution in [0.3, 0.4) is 0 Å². The van der Waals surface area contributed by atoms with E-state index < -0.39 is 0 Å². The molecule has 0 bridgehead atoms. The van der Waals surface area contributed by atoms with Crippen LogP contribution >= 0.6 is 11.3 Å².